The van der Waals surface area contributed by atoms with Crippen molar-refractivity contribution in [2.75, 3.05) is 0 Å². The van der Waals surface area contributed by atoms with E-state index in [1.807, 2.05) is 6.07 Å². The molecule has 4 heteroatoms. The number of rotatable bonds is 3. The van der Waals surface area contributed by atoms with Crippen LogP contribution in [0.2, 0.25) is 0 Å². The van der Waals surface area contributed by atoms with Crippen LogP contribution in [0, 0.1) is 58.7 Å². The van der Waals surface area contributed by atoms with Crippen LogP contribution in [0.25, 0.3) is 0 Å². The molecule has 11 atom stereocenters. The summed E-state index contributed by atoms with van der Waals surface area (Å²) in [5.41, 5.74) is 3.59. The number of hydrogen-bond acceptors (Lipinski definition) is 4. The molecule has 0 aromatic heterocycles. The van der Waals surface area contributed by atoms with Crippen molar-refractivity contribution < 1.29 is 19.4 Å². The number of fused-ring (bicyclic) bond motifs is 10. The maximum absolute atomic E-state index is 11.5. The summed E-state index contributed by atoms with van der Waals surface area (Å²) in [7, 11) is 0. The lowest BCUT2D eigenvalue weighted by atomic mass is 9.51. The van der Waals surface area contributed by atoms with Crippen LogP contribution in [-0.4, -0.2) is 22.8 Å². The Kier molecular flexibility index (Phi) is 6.74. The third-order valence-electron chi connectivity index (χ3n) is 14.6. The highest BCUT2D eigenvalue weighted by molar-refractivity contribution is 5.69. The largest absolute Gasteiger partial charge is 0.494 e. The molecule has 4 nitrogen and oxygen atoms in total. The number of ether oxygens (including phenoxy) is 2. The molecule has 7 aliphatic rings. The first-order chi connectivity index (χ1) is 21.1. The van der Waals surface area contributed by atoms with Crippen LogP contribution in [0.1, 0.15) is 115 Å². The SMILES string of the molecule is C#C[C@]1(O)CC[C@H]2[C@@H]3CC=C4C=C(O[C@H]5CC[C@H]6[C@@H]7CCc8cc(OC(C)=O)ccc8[C@H]7CC[C@]56C)CC[C@@H]4[C@H]3CC[C@@]21C. The Hall–Kier alpha value is -2.51. The molecule has 0 bridgehead atoms. The number of benzene rings is 1. The number of allylic oxidation sites excluding steroid dienone is 4. The van der Waals surface area contributed by atoms with Gasteiger partial charge in [-0.3, -0.25) is 4.79 Å². The molecule has 8 rings (SSSR count). The molecule has 0 heterocycles. The van der Waals surface area contributed by atoms with Gasteiger partial charge in [0.2, 0.25) is 0 Å². The highest BCUT2D eigenvalue weighted by Gasteiger charge is 2.62. The Morgan fingerprint density at radius 3 is 2.61 bits per heavy atom. The summed E-state index contributed by atoms with van der Waals surface area (Å²) in [6.07, 6.45) is 25.8. The predicted molar refractivity (Wildman–Crippen MR) is 172 cm³/mol. The zero-order valence-corrected chi connectivity index (χ0v) is 26.9. The van der Waals surface area contributed by atoms with E-state index in [2.05, 4.69) is 44.1 Å². The van der Waals surface area contributed by atoms with Gasteiger partial charge in [0.05, 0.1) is 5.76 Å². The van der Waals surface area contributed by atoms with Gasteiger partial charge in [0, 0.05) is 24.2 Å². The van der Waals surface area contributed by atoms with E-state index in [0.29, 0.717) is 47.4 Å². The Bertz CT molecular complexity index is 1460. The van der Waals surface area contributed by atoms with Gasteiger partial charge in [-0.1, -0.05) is 31.9 Å². The summed E-state index contributed by atoms with van der Waals surface area (Å²) in [5, 5.41) is 11.3. The molecular formula is C40H50O4. The Morgan fingerprint density at radius 2 is 1.80 bits per heavy atom. The van der Waals surface area contributed by atoms with Crippen molar-refractivity contribution in [1.82, 2.24) is 0 Å². The fourth-order valence-electron chi connectivity index (χ4n) is 12.4. The van der Waals surface area contributed by atoms with E-state index in [1.165, 1.54) is 74.3 Å². The van der Waals surface area contributed by atoms with Gasteiger partial charge in [0.15, 0.2) is 0 Å². The van der Waals surface area contributed by atoms with Crippen LogP contribution in [0.5, 0.6) is 5.75 Å². The second kappa shape index (κ2) is 10.2. The summed E-state index contributed by atoms with van der Waals surface area (Å²) in [6.45, 7) is 6.30. The molecule has 0 unspecified atom stereocenters. The van der Waals surface area contributed by atoms with E-state index in [1.54, 1.807) is 0 Å². The van der Waals surface area contributed by atoms with E-state index in [9.17, 15) is 9.90 Å². The summed E-state index contributed by atoms with van der Waals surface area (Å²) in [5.74, 6) is 9.08. The normalized spacial score (nSPS) is 45.2. The van der Waals surface area contributed by atoms with Crippen LogP contribution >= 0.6 is 0 Å². The zero-order valence-electron chi connectivity index (χ0n) is 26.9. The number of carbonyl (C=O) groups is 1. The smallest absolute Gasteiger partial charge is 0.308 e. The first-order valence-electron chi connectivity index (χ1n) is 17.7. The van der Waals surface area contributed by atoms with E-state index in [4.69, 9.17) is 15.9 Å². The standard InChI is InChI=1S/C40H50O4/c1-5-40(42)21-18-36-34-11-7-26-23-28(9-13-30(26)32(34)17-20-39(36,40)4)44-37-15-14-35-33-10-6-25-22-27(43-24(2)41)8-12-29(25)31(33)16-19-38(35,37)3/h1,7-8,12,22-23,30-37,42H,6,9-11,13-21H2,2-4H3/t30-,31+,32+,33+,34+,35-,36-,37-,38-,39-,40-/m0/s1. The summed E-state index contributed by atoms with van der Waals surface area (Å²) >= 11 is 0. The molecule has 1 aromatic rings. The Balaban J connectivity index is 0.965. The van der Waals surface area contributed by atoms with Crippen LogP contribution in [0.3, 0.4) is 0 Å². The maximum Gasteiger partial charge on any atom is 0.308 e. The molecule has 0 spiro atoms. The van der Waals surface area contributed by atoms with Gasteiger partial charge in [-0.05, 0) is 153 Å². The molecule has 44 heavy (non-hydrogen) atoms. The fourth-order valence-corrected chi connectivity index (χ4v) is 12.4. The molecule has 0 aliphatic heterocycles. The minimum atomic E-state index is -0.926. The monoisotopic (exact) mass is 594 g/mol. The predicted octanol–water partition coefficient (Wildman–Crippen LogP) is 8.28. The van der Waals surface area contributed by atoms with Gasteiger partial charge in [-0.15, -0.1) is 6.42 Å². The lowest BCUT2D eigenvalue weighted by molar-refractivity contribution is -0.131. The van der Waals surface area contributed by atoms with Crippen LogP contribution in [0.4, 0.5) is 0 Å². The van der Waals surface area contributed by atoms with Crippen molar-refractivity contribution in [3.05, 3.63) is 52.8 Å². The number of terminal acetylenes is 1. The lowest BCUT2D eigenvalue weighted by Gasteiger charge is -2.54. The molecule has 234 valence electrons. The second-order valence-corrected chi connectivity index (χ2v) is 16.2. The maximum atomic E-state index is 11.5. The minimum absolute atomic E-state index is 0.131. The molecule has 4 fully saturated rings. The average Bonchev–Trinajstić information content (AvgIpc) is 3.49. The highest BCUT2D eigenvalue weighted by Crippen LogP contribution is 2.65. The molecular weight excluding hydrogens is 544 g/mol. The van der Waals surface area contributed by atoms with Gasteiger partial charge in [0.1, 0.15) is 17.5 Å². The van der Waals surface area contributed by atoms with Crippen LogP contribution < -0.4 is 4.74 Å². The third-order valence-corrected chi connectivity index (χ3v) is 14.6. The summed E-state index contributed by atoms with van der Waals surface area (Å²) in [4.78, 5) is 11.5. The molecule has 4 saturated carbocycles. The quantitative estimate of drug-likeness (QED) is 0.217. The number of aliphatic hydroxyl groups is 1. The van der Waals surface area contributed by atoms with Crippen molar-refractivity contribution in [2.24, 2.45) is 46.3 Å². The molecule has 1 aromatic carbocycles. The van der Waals surface area contributed by atoms with Gasteiger partial charge in [-0.25, -0.2) is 0 Å². The topological polar surface area (TPSA) is 55.8 Å². The molecule has 0 amide bonds. The van der Waals surface area contributed by atoms with Crippen molar-refractivity contribution in [3.63, 3.8) is 0 Å². The lowest BCUT2D eigenvalue weighted by Crippen LogP contribution is -2.51. The second-order valence-electron chi connectivity index (χ2n) is 16.2. The van der Waals surface area contributed by atoms with Gasteiger partial charge in [-0.2, -0.15) is 0 Å². The van der Waals surface area contributed by atoms with E-state index < -0.39 is 5.60 Å². The minimum Gasteiger partial charge on any atom is -0.494 e. The third kappa shape index (κ3) is 4.17. The average molecular weight is 595 g/mol. The first kappa shape index (κ1) is 28.9. The number of aryl methyl sites for hydroxylation is 1. The fraction of sp³-hybridized carbons (Fsp3) is 0.675. The molecule has 0 saturated heterocycles. The van der Waals surface area contributed by atoms with Crippen molar-refractivity contribution in [1.29, 1.82) is 0 Å². The zero-order chi connectivity index (χ0) is 30.4. The highest BCUT2D eigenvalue weighted by atomic mass is 16.5. The van der Waals surface area contributed by atoms with Crippen LogP contribution in [-0.2, 0) is 16.0 Å². The van der Waals surface area contributed by atoms with E-state index in [-0.39, 0.29) is 16.8 Å². The first-order valence-corrected chi connectivity index (χ1v) is 17.7. The number of hydrogen-bond donors (Lipinski definition) is 1. The summed E-state index contributed by atoms with van der Waals surface area (Å²) in [6, 6.07) is 6.36. The van der Waals surface area contributed by atoms with Gasteiger partial charge >= 0.3 is 5.97 Å². The molecule has 0 radical (unpaired) electrons. The Labute approximate surface area is 264 Å². The van der Waals surface area contributed by atoms with Crippen molar-refractivity contribution in [3.8, 4) is 18.1 Å². The Morgan fingerprint density at radius 1 is 0.932 bits per heavy atom. The van der Waals surface area contributed by atoms with Gasteiger partial charge < -0.3 is 14.6 Å². The number of esters is 1. The summed E-state index contributed by atoms with van der Waals surface area (Å²) < 4.78 is 12.5. The van der Waals surface area contributed by atoms with Crippen molar-refractivity contribution in [2.45, 2.75) is 122 Å². The van der Waals surface area contributed by atoms with Crippen molar-refractivity contribution >= 4 is 5.97 Å². The van der Waals surface area contributed by atoms with E-state index >= 15 is 0 Å². The molecule has 7 aliphatic carbocycles. The van der Waals surface area contributed by atoms with Gasteiger partial charge in [0.25, 0.3) is 0 Å². The van der Waals surface area contributed by atoms with E-state index in [0.717, 1.165) is 44.4 Å². The van der Waals surface area contributed by atoms with Crippen LogP contribution in [0.15, 0.2) is 41.7 Å². The molecule has 1 N–H and O–H groups in total. The number of carbonyl (C=O) groups excluding carboxylic acids is 1.